The number of amides is 2. The lowest BCUT2D eigenvalue weighted by atomic mass is 10.1. The van der Waals surface area contributed by atoms with E-state index >= 15 is 0 Å². The predicted molar refractivity (Wildman–Crippen MR) is 117 cm³/mol. The highest BCUT2D eigenvalue weighted by Gasteiger charge is 2.38. The summed E-state index contributed by atoms with van der Waals surface area (Å²) in [4.78, 5) is 37.4. The fourth-order valence-corrected chi connectivity index (χ4v) is 4.20. The Morgan fingerprint density at radius 1 is 1.28 bits per heavy atom. The van der Waals surface area contributed by atoms with E-state index in [-0.39, 0.29) is 15.9 Å². The molecule has 0 spiro atoms. The molecule has 0 aliphatic carbocycles. The van der Waals surface area contributed by atoms with Crippen LogP contribution in [-0.4, -0.2) is 32.0 Å². The van der Waals surface area contributed by atoms with Gasteiger partial charge in [-0.05, 0) is 43.2 Å². The SMILES string of the molecule is Cc1cccc(NC(=O)C(C)N2C(=O)/C(=C/c3cccc([N+](=O)[O-])c3)SC2=S)c1. The quantitative estimate of drug-likeness (QED) is 0.334. The van der Waals surface area contributed by atoms with Crippen molar-refractivity contribution in [3.63, 3.8) is 0 Å². The molecule has 0 radical (unpaired) electrons. The maximum absolute atomic E-state index is 12.8. The van der Waals surface area contributed by atoms with Crippen molar-refractivity contribution in [2.45, 2.75) is 19.9 Å². The summed E-state index contributed by atoms with van der Waals surface area (Å²) >= 11 is 6.36. The van der Waals surface area contributed by atoms with Crippen LogP contribution >= 0.6 is 24.0 Å². The minimum atomic E-state index is -0.806. The number of anilines is 1. The Hall–Kier alpha value is -3.04. The van der Waals surface area contributed by atoms with Gasteiger partial charge in [0, 0.05) is 17.8 Å². The van der Waals surface area contributed by atoms with Gasteiger partial charge in [0.05, 0.1) is 9.83 Å². The number of carbonyl (C=O) groups is 2. The first-order valence-electron chi connectivity index (χ1n) is 8.65. The van der Waals surface area contributed by atoms with Crippen molar-refractivity contribution >= 4 is 57.6 Å². The summed E-state index contributed by atoms with van der Waals surface area (Å²) in [6, 6.07) is 12.5. The number of nitro groups is 1. The first-order chi connectivity index (χ1) is 13.8. The topological polar surface area (TPSA) is 92.6 Å². The molecule has 3 rings (SSSR count). The van der Waals surface area contributed by atoms with Gasteiger partial charge in [-0.25, -0.2) is 0 Å². The van der Waals surface area contributed by atoms with Crippen LogP contribution in [0.3, 0.4) is 0 Å². The Morgan fingerprint density at radius 2 is 2.00 bits per heavy atom. The molecule has 29 heavy (non-hydrogen) atoms. The van der Waals surface area contributed by atoms with Crippen LogP contribution < -0.4 is 5.32 Å². The van der Waals surface area contributed by atoms with Crippen molar-refractivity contribution in [1.82, 2.24) is 4.90 Å². The lowest BCUT2D eigenvalue weighted by Gasteiger charge is -2.22. The Morgan fingerprint density at radius 3 is 2.69 bits per heavy atom. The van der Waals surface area contributed by atoms with E-state index in [9.17, 15) is 19.7 Å². The lowest BCUT2D eigenvalue weighted by Crippen LogP contribution is -2.44. The second-order valence-electron chi connectivity index (χ2n) is 6.44. The highest BCUT2D eigenvalue weighted by Crippen LogP contribution is 2.34. The molecule has 1 aliphatic heterocycles. The highest BCUT2D eigenvalue weighted by molar-refractivity contribution is 8.26. The number of nitro benzene ring substituents is 1. The molecule has 2 aromatic carbocycles. The van der Waals surface area contributed by atoms with Crippen LogP contribution in [-0.2, 0) is 9.59 Å². The second kappa shape index (κ2) is 8.54. The molecule has 148 valence electrons. The predicted octanol–water partition coefficient (Wildman–Crippen LogP) is 4.13. The van der Waals surface area contributed by atoms with E-state index in [2.05, 4.69) is 5.32 Å². The molecular weight excluding hydrogens is 410 g/mol. The summed E-state index contributed by atoms with van der Waals surface area (Å²) in [5, 5.41) is 13.7. The van der Waals surface area contributed by atoms with Gasteiger partial charge in [0.2, 0.25) is 5.91 Å². The van der Waals surface area contributed by atoms with Gasteiger partial charge in [-0.1, -0.05) is 48.2 Å². The molecular formula is C20H17N3O4S2. The van der Waals surface area contributed by atoms with Crippen molar-refractivity contribution in [3.05, 3.63) is 74.7 Å². The molecule has 2 aromatic rings. The van der Waals surface area contributed by atoms with Crippen LogP contribution in [0.25, 0.3) is 6.08 Å². The number of hydrogen-bond donors (Lipinski definition) is 1. The highest BCUT2D eigenvalue weighted by atomic mass is 32.2. The number of thiocarbonyl (C=S) groups is 1. The van der Waals surface area contributed by atoms with Crippen LogP contribution in [0.1, 0.15) is 18.1 Å². The summed E-state index contributed by atoms with van der Waals surface area (Å²) in [7, 11) is 0. The smallest absolute Gasteiger partial charge is 0.270 e. The molecule has 2 amide bonds. The van der Waals surface area contributed by atoms with Crippen LogP contribution in [0.2, 0.25) is 0 Å². The Bertz CT molecular complexity index is 1050. The van der Waals surface area contributed by atoms with Gasteiger partial charge < -0.3 is 5.32 Å². The number of carbonyl (C=O) groups excluding carboxylic acids is 2. The Kier molecular flexibility index (Phi) is 6.09. The molecule has 1 fully saturated rings. The van der Waals surface area contributed by atoms with Crippen molar-refractivity contribution in [3.8, 4) is 0 Å². The molecule has 9 heteroatoms. The summed E-state index contributed by atoms with van der Waals surface area (Å²) in [6.45, 7) is 3.52. The molecule has 1 heterocycles. The monoisotopic (exact) mass is 427 g/mol. The van der Waals surface area contributed by atoms with Gasteiger partial charge in [0.1, 0.15) is 10.4 Å². The van der Waals surface area contributed by atoms with Gasteiger partial charge in [0.25, 0.3) is 11.6 Å². The first-order valence-corrected chi connectivity index (χ1v) is 9.88. The number of aryl methyl sites for hydroxylation is 1. The van der Waals surface area contributed by atoms with E-state index in [0.717, 1.165) is 17.3 Å². The molecule has 0 aromatic heterocycles. The van der Waals surface area contributed by atoms with Gasteiger partial charge in [0.15, 0.2) is 0 Å². The second-order valence-corrected chi connectivity index (χ2v) is 8.11. The number of non-ortho nitro benzene ring substituents is 1. The molecule has 1 saturated heterocycles. The van der Waals surface area contributed by atoms with E-state index in [1.54, 1.807) is 25.1 Å². The van der Waals surface area contributed by atoms with Crippen LogP contribution in [0, 0.1) is 17.0 Å². The molecule has 1 atom stereocenters. The zero-order valence-corrected chi connectivity index (χ0v) is 17.3. The van der Waals surface area contributed by atoms with Crippen LogP contribution in [0.4, 0.5) is 11.4 Å². The molecule has 1 unspecified atom stereocenters. The molecule has 1 N–H and O–H groups in total. The number of benzene rings is 2. The van der Waals surface area contributed by atoms with Gasteiger partial charge in [-0.15, -0.1) is 0 Å². The minimum absolute atomic E-state index is 0.0693. The minimum Gasteiger partial charge on any atom is -0.324 e. The zero-order chi connectivity index (χ0) is 21.1. The average Bonchev–Trinajstić information content (AvgIpc) is 2.94. The third-order valence-corrected chi connectivity index (χ3v) is 5.59. The number of rotatable bonds is 5. The third kappa shape index (κ3) is 4.69. The molecule has 0 bridgehead atoms. The largest absolute Gasteiger partial charge is 0.324 e. The van der Waals surface area contributed by atoms with Gasteiger partial charge in [-0.3, -0.25) is 24.6 Å². The number of nitrogens with one attached hydrogen (secondary N) is 1. The third-order valence-electron chi connectivity index (χ3n) is 4.25. The molecule has 1 aliphatic rings. The summed E-state index contributed by atoms with van der Waals surface area (Å²) in [5.41, 5.74) is 2.08. The average molecular weight is 428 g/mol. The fraction of sp³-hybridized carbons (Fsp3) is 0.150. The summed E-state index contributed by atoms with van der Waals surface area (Å²) in [5.74, 6) is -0.762. The number of thioether (sulfide) groups is 1. The number of hydrogen-bond acceptors (Lipinski definition) is 6. The van der Waals surface area contributed by atoms with Crippen molar-refractivity contribution in [2.75, 3.05) is 5.32 Å². The van der Waals surface area contributed by atoms with Crippen molar-refractivity contribution in [2.24, 2.45) is 0 Å². The maximum Gasteiger partial charge on any atom is 0.270 e. The lowest BCUT2D eigenvalue weighted by molar-refractivity contribution is -0.384. The first kappa shape index (κ1) is 20.7. The van der Waals surface area contributed by atoms with E-state index in [1.807, 2.05) is 25.1 Å². The Balaban J connectivity index is 1.78. The van der Waals surface area contributed by atoms with Crippen LogP contribution in [0.5, 0.6) is 0 Å². The van der Waals surface area contributed by atoms with Crippen molar-refractivity contribution in [1.29, 1.82) is 0 Å². The van der Waals surface area contributed by atoms with E-state index in [4.69, 9.17) is 12.2 Å². The maximum atomic E-state index is 12.8. The summed E-state index contributed by atoms with van der Waals surface area (Å²) < 4.78 is 0.263. The van der Waals surface area contributed by atoms with Gasteiger partial charge >= 0.3 is 0 Å². The number of nitrogens with zero attached hydrogens (tertiary/aromatic N) is 2. The molecule has 0 saturated carbocycles. The van der Waals surface area contributed by atoms with E-state index in [0.29, 0.717) is 16.2 Å². The van der Waals surface area contributed by atoms with Gasteiger partial charge in [-0.2, -0.15) is 0 Å². The van der Waals surface area contributed by atoms with E-state index < -0.39 is 16.9 Å². The standard InChI is InChI=1S/C20H17N3O4S2/c1-12-5-3-7-15(9-12)21-18(24)13(2)22-19(25)17(29-20(22)28)11-14-6-4-8-16(10-14)23(26)27/h3-11,13H,1-2H3,(H,21,24)/b17-11-. The summed E-state index contributed by atoms with van der Waals surface area (Å²) in [6.07, 6.45) is 1.54. The normalized spacial score (nSPS) is 16.2. The van der Waals surface area contributed by atoms with Crippen molar-refractivity contribution < 1.29 is 14.5 Å². The molecule has 7 nitrogen and oxygen atoms in total. The van der Waals surface area contributed by atoms with E-state index in [1.165, 1.54) is 23.1 Å². The Labute approximate surface area is 176 Å². The fourth-order valence-electron chi connectivity index (χ4n) is 2.78. The van der Waals surface area contributed by atoms with Crippen LogP contribution in [0.15, 0.2) is 53.4 Å². The zero-order valence-electron chi connectivity index (χ0n) is 15.6.